The van der Waals surface area contributed by atoms with Gasteiger partial charge < -0.3 is 9.15 Å². The number of rotatable bonds is 4. The van der Waals surface area contributed by atoms with Crippen LogP contribution in [0.2, 0.25) is 15.1 Å². The number of furan rings is 1. The van der Waals surface area contributed by atoms with E-state index in [1.807, 2.05) is 0 Å². The summed E-state index contributed by atoms with van der Waals surface area (Å²) in [6.45, 7) is 1.75. The summed E-state index contributed by atoms with van der Waals surface area (Å²) in [5.74, 6) is -0.193. The molecule has 0 atom stereocenters. The van der Waals surface area contributed by atoms with Crippen LogP contribution in [0.4, 0.5) is 0 Å². The largest absolute Gasteiger partial charge is 0.453 e. The highest BCUT2D eigenvalue weighted by molar-refractivity contribution is 6.35. The number of carbonyl (C=O) groups is 2. The Kier molecular flexibility index (Phi) is 6.55. The fraction of sp³-hybridized carbons (Fsp3) is 0.174. The Labute approximate surface area is 199 Å². The summed E-state index contributed by atoms with van der Waals surface area (Å²) in [5.41, 5.74) is 4.88. The Morgan fingerprint density at radius 2 is 1.84 bits per heavy atom. The van der Waals surface area contributed by atoms with Gasteiger partial charge in [0.2, 0.25) is 5.76 Å². The Balaban J connectivity index is 1.57. The molecule has 0 unspecified atom stereocenters. The molecule has 0 fully saturated rings. The summed E-state index contributed by atoms with van der Waals surface area (Å²) in [6.07, 6.45) is 2.04. The molecule has 1 aromatic heterocycles. The van der Waals surface area contributed by atoms with Crippen LogP contribution in [0.1, 0.15) is 50.6 Å². The molecule has 1 aliphatic rings. The molecule has 1 heterocycles. The number of carbonyl (C=O) groups excluding carboxylic acids is 2. The predicted molar refractivity (Wildman–Crippen MR) is 123 cm³/mol. The second-order valence-electron chi connectivity index (χ2n) is 7.18. The highest BCUT2D eigenvalue weighted by Crippen LogP contribution is 2.32. The van der Waals surface area contributed by atoms with Crippen molar-refractivity contribution in [3.8, 4) is 5.75 Å². The predicted octanol–water partition coefficient (Wildman–Crippen LogP) is 6.24. The van der Waals surface area contributed by atoms with Gasteiger partial charge in [-0.25, -0.2) is 10.2 Å². The third-order valence-electron chi connectivity index (χ3n) is 4.99. The monoisotopic (exact) mass is 490 g/mol. The minimum Gasteiger partial charge on any atom is -0.453 e. The van der Waals surface area contributed by atoms with Crippen molar-refractivity contribution < 1.29 is 18.7 Å². The molecule has 0 saturated carbocycles. The smallest absolute Gasteiger partial charge is 0.379 e. The molecule has 9 heteroatoms. The molecule has 3 aromatic rings. The van der Waals surface area contributed by atoms with Crippen LogP contribution < -0.4 is 10.2 Å². The third kappa shape index (κ3) is 4.67. The number of nitrogens with zero attached hydrogens (tertiary/aromatic N) is 1. The zero-order chi connectivity index (χ0) is 22.8. The number of amides is 1. The number of hydrogen-bond acceptors (Lipinski definition) is 5. The molecular formula is C23H17Cl3N2O4. The van der Waals surface area contributed by atoms with E-state index >= 15 is 0 Å². The molecule has 0 saturated heterocycles. The molecule has 1 amide bonds. The number of hydrogen-bond donors (Lipinski definition) is 1. The molecule has 1 aliphatic carbocycles. The van der Waals surface area contributed by atoms with Gasteiger partial charge >= 0.3 is 5.97 Å². The normalized spacial score (nSPS) is 14.2. The van der Waals surface area contributed by atoms with Crippen molar-refractivity contribution in [2.75, 3.05) is 0 Å². The number of ether oxygens (including phenoxy) is 1. The van der Waals surface area contributed by atoms with Crippen LogP contribution in [-0.2, 0) is 6.42 Å². The van der Waals surface area contributed by atoms with Gasteiger partial charge in [-0.3, -0.25) is 4.79 Å². The maximum Gasteiger partial charge on any atom is 0.379 e. The van der Waals surface area contributed by atoms with E-state index in [0.29, 0.717) is 51.0 Å². The fourth-order valence-corrected chi connectivity index (χ4v) is 4.13. The van der Waals surface area contributed by atoms with Crippen molar-refractivity contribution in [2.24, 2.45) is 5.10 Å². The molecule has 4 rings (SSSR count). The van der Waals surface area contributed by atoms with Gasteiger partial charge in [0.15, 0.2) is 0 Å². The average Bonchev–Trinajstić information content (AvgIpc) is 3.11. The first-order valence-corrected chi connectivity index (χ1v) is 10.9. The molecule has 0 spiro atoms. The quantitative estimate of drug-likeness (QED) is 0.266. The lowest BCUT2D eigenvalue weighted by atomic mass is 9.93. The lowest BCUT2D eigenvalue weighted by molar-refractivity contribution is 0.0698. The maximum atomic E-state index is 12.7. The van der Waals surface area contributed by atoms with Gasteiger partial charge in [0.05, 0.1) is 10.7 Å². The van der Waals surface area contributed by atoms with Crippen LogP contribution >= 0.6 is 34.8 Å². The van der Waals surface area contributed by atoms with Gasteiger partial charge in [0.1, 0.15) is 11.5 Å². The number of hydrazone groups is 1. The molecular weight excluding hydrogens is 475 g/mol. The first-order valence-electron chi connectivity index (χ1n) is 9.76. The van der Waals surface area contributed by atoms with Crippen molar-refractivity contribution in [1.82, 2.24) is 5.43 Å². The topological polar surface area (TPSA) is 80.9 Å². The fourth-order valence-electron chi connectivity index (χ4n) is 3.49. The first-order chi connectivity index (χ1) is 15.3. The molecule has 32 heavy (non-hydrogen) atoms. The van der Waals surface area contributed by atoms with Gasteiger partial charge in [-0.05, 0) is 56.2 Å². The Morgan fingerprint density at radius 3 is 2.59 bits per heavy atom. The van der Waals surface area contributed by atoms with Crippen LogP contribution in [-0.4, -0.2) is 17.6 Å². The summed E-state index contributed by atoms with van der Waals surface area (Å²) in [4.78, 5) is 25.2. The van der Waals surface area contributed by atoms with E-state index in [4.69, 9.17) is 44.0 Å². The van der Waals surface area contributed by atoms with E-state index < -0.39 is 5.97 Å². The number of fused-ring (bicyclic) bond motifs is 1. The second-order valence-corrected chi connectivity index (χ2v) is 8.46. The van der Waals surface area contributed by atoms with Crippen LogP contribution in [0, 0.1) is 6.92 Å². The minimum absolute atomic E-state index is 0.0665. The van der Waals surface area contributed by atoms with Crippen LogP contribution in [0.15, 0.2) is 52.0 Å². The number of nitrogens with one attached hydrogen (secondary N) is 1. The average molecular weight is 492 g/mol. The van der Waals surface area contributed by atoms with E-state index in [2.05, 4.69) is 10.5 Å². The van der Waals surface area contributed by atoms with Crippen LogP contribution in [0.25, 0.3) is 0 Å². The summed E-state index contributed by atoms with van der Waals surface area (Å²) in [7, 11) is 0. The second kappa shape index (κ2) is 9.36. The molecule has 164 valence electrons. The van der Waals surface area contributed by atoms with E-state index in [9.17, 15) is 9.59 Å². The van der Waals surface area contributed by atoms with E-state index in [1.54, 1.807) is 37.3 Å². The van der Waals surface area contributed by atoms with Gasteiger partial charge in [0, 0.05) is 33.2 Å². The SMILES string of the molecule is Cc1c(C(=O)Oc2ccc(Cl)cc2Cl)oc2c1/C(=N/NC(=O)c1cccc(Cl)c1)CCC2. The minimum atomic E-state index is -0.677. The van der Waals surface area contributed by atoms with Crippen LogP contribution in [0.3, 0.4) is 0 Å². The summed E-state index contributed by atoms with van der Waals surface area (Å²) in [5, 5.41) is 5.40. The Hall–Kier alpha value is -2.80. The molecule has 2 aromatic carbocycles. The zero-order valence-corrected chi connectivity index (χ0v) is 19.1. The molecule has 6 nitrogen and oxygen atoms in total. The van der Waals surface area contributed by atoms with Gasteiger partial charge in [0.25, 0.3) is 5.91 Å². The van der Waals surface area contributed by atoms with Crippen molar-refractivity contribution in [2.45, 2.75) is 26.2 Å². The summed E-state index contributed by atoms with van der Waals surface area (Å²) >= 11 is 17.9. The summed E-state index contributed by atoms with van der Waals surface area (Å²) < 4.78 is 11.2. The van der Waals surface area contributed by atoms with E-state index in [-0.39, 0.29) is 22.4 Å². The van der Waals surface area contributed by atoms with E-state index in [1.165, 1.54) is 12.1 Å². The Bertz CT molecular complexity index is 1250. The lowest BCUT2D eigenvalue weighted by Gasteiger charge is -2.13. The molecule has 1 N–H and O–H groups in total. The lowest BCUT2D eigenvalue weighted by Crippen LogP contribution is -2.22. The number of halogens is 3. The molecule has 0 radical (unpaired) electrons. The standard InChI is InChI=1S/C23H17Cl3N2O4/c1-12-20-17(27-28-22(29)13-4-2-5-14(24)10-13)6-3-7-19(20)31-21(12)23(30)32-18-9-8-15(25)11-16(18)26/h2,4-5,8-11H,3,6-7H2,1H3,(H,28,29)/b27-17+. The number of aryl methyl sites for hydroxylation is 1. The number of esters is 1. The van der Waals surface area contributed by atoms with Crippen molar-refractivity contribution >= 4 is 52.4 Å². The first kappa shape index (κ1) is 22.4. The maximum absolute atomic E-state index is 12.7. The van der Waals surface area contributed by atoms with Crippen LogP contribution in [0.5, 0.6) is 5.75 Å². The number of benzene rings is 2. The summed E-state index contributed by atoms with van der Waals surface area (Å²) in [6, 6.07) is 11.1. The van der Waals surface area contributed by atoms with Gasteiger partial charge in [-0.1, -0.05) is 40.9 Å². The van der Waals surface area contributed by atoms with Crippen molar-refractivity contribution in [3.63, 3.8) is 0 Å². The van der Waals surface area contributed by atoms with Crippen molar-refractivity contribution in [3.05, 3.63) is 85.7 Å². The van der Waals surface area contributed by atoms with E-state index in [0.717, 1.165) is 6.42 Å². The highest BCUT2D eigenvalue weighted by Gasteiger charge is 2.29. The van der Waals surface area contributed by atoms with Gasteiger partial charge in [-0.15, -0.1) is 0 Å². The van der Waals surface area contributed by atoms with Crippen molar-refractivity contribution in [1.29, 1.82) is 0 Å². The third-order valence-corrected chi connectivity index (χ3v) is 5.75. The zero-order valence-electron chi connectivity index (χ0n) is 16.9. The highest BCUT2D eigenvalue weighted by atomic mass is 35.5. The van der Waals surface area contributed by atoms with Gasteiger partial charge in [-0.2, -0.15) is 5.10 Å². The Morgan fingerprint density at radius 1 is 1.06 bits per heavy atom. The molecule has 0 bridgehead atoms. The molecule has 0 aliphatic heterocycles.